The number of nitrogens with zero attached hydrogens (tertiary/aromatic N) is 1. The Morgan fingerprint density at radius 1 is 1.04 bits per heavy atom. The van der Waals surface area contributed by atoms with E-state index in [1.807, 2.05) is 36.4 Å². The zero-order valence-electron chi connectivity index (χ0n) is 15.7. The molecule has 3 aromatic rings. The number of hydrogen-bond donors (Lipinski definition) is 1. The highest BCUT2D eigenvalue weighted by Crippen LogP contribution is 2.34. The summed E-state index contributed by atoms with van der Waals surface area (Å²) in [5.74, 6) is 1.36. The molecule has 28 heavy (non-hydrogen) atoms. The molecule has 0 radical (unpaired) electrons. The Hall–Kier alpha value is -2.99. The van der Waals surface area contributed by atoms with Crippen LogP contribution >= 0.6 is 0 Å². The molecule has 6 heteroatoms. The van der Waals surface area contributed by atoms with Crippen molar-refractivity contribution in [1.29, 1.82) is 0 Å². The van der Waals surface area contributed by atoms with Crippen molar-refractivity contribution in [3.63, 3.8) is 0 Å². The third-order valence-corrected chi connectivity index (χ3v) is 5.31. The van der Waals surface area contributed by atoms with Crippen LogP contribution in [0.3, 0.4) is 0 Å². The molecule has 1 atom stereocenters. The lowest BCUT2D eigenvalue weighted by atomic mass is 10.0. The number of nitrogens with one attached hydrogen (secondary N) is 1. The molecule has 1 fully saturated rings. The van der Waals surface area contributed by atoms with Crippen LogP contribution in [0.2, 0.25) is 0 Å². The zero-order chi connectivity index (χ0) is 19.1. The van der Waals surface area contributed by atoms with E-state index in [-0.39, 0.29) is 5.63 Å². The molecule has 6 nitrogen and oxygen atoms in total. The van der Waals surface area contributed by atoms with Crippen LogP contribution in [-0.2, 0) is 0 Å². The second-order valence-electron chi connectivity index (χ2n) is 7.33. The Morgan fingerprint density at radius 3 is 2.75 bits per heavy atom. The first-order valence-electron chi connectivity index (χ1n) is 9.64. The van der Waals surface area contributed by atoms with Crippen LogP contribution in [-0.4, -0.2) is 38.9 Å². The maximum atomic E-state index is 12.7. The van der Waals surface area contributed by atoms with Gasteiger partial charge in [-0.2, -0.15) is 0 Å². The van der Waals surface area contributed by atoms with Crippen LogP contribution < -0.4 is 25.3 Å². The van der Waals surface area contributed by atoms with E-state index in [4.69, 9.17) is 13.9 Å². The van der Waals surface area contributed by atoms with Crippen molar-refractivity contribution in [1.82, 2.24) is 5.32 Å². The van der Waals surface area contributed by atoms with E-state index in [0.717, 1.165) is 36.3 Å². The average Bonchev–Trinajstić information content (AvgIpc) is 2.72. The van der Waals surface area contributed by atoms with Crippen LogP contribution in [0.4, 0.5) is 5.69 Å². The molecule has 0 saturated carbocycles. The predicted octanol–water partition coefficient (Wildman–Crippen LogP) is 3.03. The second kappa shape index (κ2) is 6.87. The molecule has 3 heterocycles. The normalized spacial score (nSPS) is 19.0. The van der Waals surface area contributed by atoms with Crippen molar-refractivity contribution >= 4 is 16.7 Å². The maximum absolute atomic E-state index is 12.7. The van der Waals surface area contributed by atoms with Gasteiger partial charge in [-0.25, -0.2) is 4.79 Å². The van der Waals surface area contributed by atoms with Crippen molar-refractivity contribution in [2.75, 3.05) is 37.7 Å². The standard InChI is InChI=1S/C22H22N2O4/c1-14-13-24(7-6-23-14)17-4-2-16-10-18(22(25)28-20(16)12-17)15-3-5-19-21(11-15)27-9-8-26-19/h2-5,10-12,14,23H,6-9,13H2,1H3/t14-/m0/s1. The van der Waals surface area contributed by atoms with Crippen molar-refractivity contribution < 1.29 is 13.9 Å². The van der Waals surface area contributed by atoms with Gasteiger partial charge in [0.15, 0.2) is 11.5 Å². The van der Waals surface area contributed by atoms with Gasteiger partial charge in [0.2, 0.25) is 0 Å². The van der Waals surface area contributed by atoms with Gasteiger partial charge in [-0.1, -0.05) is 6.07 Å². The first kappa shape index (κ1) is 17.1. The van der Waals surface area contributed by atoms with Gasteiger partial charge < -0.3 is 24.1 Å². The summed E-state index contributed by atoms with van der Waals surface area (Å²) in [7, 11) is 0. The number of fused-ring (bicyclic) bond motifs is 2. The van der Waals surface area contributed by atoms with E-state index < -0.39 is 0 Å². The van der Waals surface area contributed by atoms with E-state index in [2.05, 4.69) is 23.2 Å². The number of rotatable bonds is 2. The first-order valence-corrected chi connectivity index (χ1v) is 9.64. The molecule has 2 aromatic carbocycles. The molecule has 2 aliphatic heterocycles. The molecule has 1 aromatic heterocycles. The molecule has 0 spiro atoms. The topological polar surface area (TPSA) is 63.9 Å². The average molecular weight is 378 g/mol. The highest BCUT2D eigenvalue weighted by atomic mass is 16.6. The first-order chi connectivity index (χ1) is 13.7. The van der Waals surface area contributed by atoms with Gasteiger partial charge in [-0.3, -0.25) is 0 Å². The molecular weight excluding hydrogens is 356 g/mol. The fourth-order valence-corrected chi connectivity index (χ4v) is 3.88. The summed E-state index contributed by atoms with van der Waals surface area (Å²) in [6, 6.07) is 13.9. The summed E-state index contributed by atoms with van der Waals surface area (Å²) in [6.45, 7) is 6.05. The fourth-order valence-electron chi connectivity index (χ4n) is 3.88. The molecule has 0 bridgehead atoms. The summed E-state index contributed by atoms with van der Waals surface area (Å²) in [4.78, 5) is 15.0. The quantitative estimate of drug-likeness (QED) is 0.692. The van der Waals surface area contributed by atoms with E-state index in [9.17, 15) is 4.79 Å². The third kappa shape index (κ3) is 3.10. The minimum atomic E-state index is -0.352. The van der Waals surface area contributed by atoms with E-state index in [1.165, 1.54) is 0 Å². The van der Waals surface area contributed by atoms with Crippen LogP contribution in [0.25, 0.3) is 22.1 Å². The number of anilines is 1. The molecule has 5 rings (SSSR count). The molecule has 1 saturated heterocycles. The number of piperazine rings is 1. The van der Waals surface area contributed by atoms with Gasteiger partial charge in [0.25, 0.3) is 0 Å². The number of hydrogen-bond acceptors (Lipinski definition) is 6. The minimum Gasteiger partial charge on any atom is -0.486 e. The van der Waals surface area contributed by atoms with Gasteiger partial charge >= 0.3 is 5.63 Å². The largest absolute Gasteiger partial charge is 0.486 e. The van der Waals surface area contributed by atoms with Crippen molar-refractivity contribution in [3.8, 4) is 22.6 Å². The molecule has 2 aliphatic rings. The SMILES string of the molecule is C[C@H]1CN(c2ccc3cc(-c4ccc5c(c4)OCCO5)c(=O)oc3c2)CCN1. The van der Waals surface area contributed by atoms with Crippen molar-refractivity contribution in [2.24, 2.45) is 0 Å². The van der Waals surface area contributed by atoms with E-state index in [1.54, 1.807) is 0 Å². The molecule has 0 unspecified atom stereocenters. The highest BCUT2D eigenvalue weighted by molar-refractivity contribution is 5.85. The lowest BCUT2D eigenvalue weighted by molar-refractivity contribution is 0.171. The fraction of sp³-hybridized carbons (Fsp3) is 0.318. The smallest absolute Gasteiger partial charge is 0.344 e. The Labute approximate surface area is 162 Å². The summed E-state index contributed by atoms with van der Waals surface area (Å²) in [5, 5.41) is 4.34. The van der Waals surface area contributed by atoms with Crippen molar-refractivity contribution in [3.05, 3.63) is 52.9 Å². The second-order valence-corrected chi connectivity index (χ2v) is 7.33. The van der Waals surface area contributed by atoms with E-state index in [0.29, 0.717) is 41.9 Å². The van der Waals surface area contributed by atoms with E-state index >= 15 is 0 Å². The Kier molecular flexibility index (Phi) is 4.20. The molecule has 1 N–H and O–H groups in total. The summed E-state index contributed by atoms with van der Waals surface area (Å²) in [5.41, 5.74) is 2.62. The van der Waals surface area contributed by atoms with Crippen molar-refractivity contribution in [2.45, 2.75) is 13.0 Å². The van der Waals surface area contributed by atoms with Gasteiger partial charge in [0.05, 0.1) is 5.56 Å². The molecule has 0 amide bonds. The molecular formula is C22H22N2O4. The zero-order valence-corrected chi connectivity index (χ0v) is 15.7. The molecule has 0 aliphatic carbocycles. The lowest BCUT2D eigenvalue weighted by Crippen LogP contribution is -2.49. The van der Waals surface area contributed by atoms with Gasteiger partial charge in [0, 0.05) is 42.8 Å². The third-order valence-electron chi connectivity index (χ3n) is 5.31. The summed E-state index contributed by atoms with van der Waals surface area (Å²) in [6.07, 6.45) is 0. The van der Waals surface area contributed by atoms with Gasteiger partial charge in [-0.05, 0) is 42.8 Å². The van der Waals surface area contributed by atoms with Crippen LogP contribution in [0.5, 0.6) is 11.5 Å². The number of ether oxygens (including phenoxy) is 2. The Morgan fingerprint density at radius 2 is 1.89 bits per heavy atom. The molecule has 144 valence electrons. The number of benzene rings is 2. The van der Waals surface area contributed by atoms with Crippen LogP contribution in [0.15, 0.2) is 51.7 Å². The summed E-state index contributed by atoms with van der Waals surface area (Å²) < 4.78 is 16.9. The monoisotopic (exact) mass is 378 g/mol. The predicted molar refractivity (Wildman–Crippen MR) is 109 cm³/mol. The summed E-state index contributed by atoms with van der Waals surface area (Å²) >= 11 is 0. The minimum absolute atomic E-state index is 0.352. The Balaban J connectivity index is 1.52. The van der Waals surface area contributed by atoms with Gasteiger partial charge in [-0.15, -0.1) is 0 Å². The van der Waals surface area contributed by atoms with Gasteiger partial charge in [0.1, 0.15) is 18.8 Å². The highest BCUT2D eigenvalue weighted by Gasteiger charge is 2.18. The van der Waals surface area contributed by atoms with Crippen LogP contribution in [0, 0.1) is 0 Å². The maximum Gasteiger partial charge on any atom is 0.344 e. The van der Waals surface area contributed by atoms with Crippen LogP contribution in [0.1, 0.15) is 6.92 Å². The Bertz CT molecular complexity index is 1090. The lowest BCUT2D eigenvalue weighted by Gasteiger charge is -2.33.